The van der Waals surface area contributed by atoms with Gasteiger partial charge in [-0.15, -0.1) is 0 Å². The Morgan fingerprint density at radius 1 is 1.40 bits per heavy atom. The molecule has 1 aliphatic rings. The van der Waals surface area contributed by atoms with Gasteiger partial charge in [0.15, 0.2) is 0 Å². The lowest BCUT2D eigenvalue weighted by atomic mass is 10.1. The third-order valence-electron chi connectivity index (χ3n) is 3.44. The highest BCUT2D eigenvalue weighted by atomic mass is 35.5. The first-order valence-electron chi connectivity index (χ1n) is 6.80. The molecule has 1 fully saturated rings. The third-order valence-corrected chi connectivity index (χ3v) is 3.67. The molecule has 5 heteroatoms. The van der Waals surface area contributed by atoms with Crippen molar-refractivity contribution in [1.82, 2.24) is 15.5 Å². The zero-order valence-electron chi connectivity index (χ0n) is 11.0. The number of H-pyrrole nitrogens is 1. The molecule has 2 N–H and O–H groups in total. The van der Waals surface area contributed by atoms with Crippen LogP contribution in [-0.2, 0) is 6.42 Å². The van der Waals surface area contributed by atoms with Crippen molar-refractivity contribution in [1.29, 1.82) is 0 Å². The highest BCUT2D eigenvalue weighted by molar-refractivity contribution is 6.30. The summed E-state index contributed by atoms with van der Waals surface area (Å²) < 4.78 is 0. The van der Waals surface area contributed by atoms with Gasteiger partial charge in [0.2, 0.25) is 0 Å². The summed E-state index contributed by atoms with van der Waals surface area (Å²) in [6, 6.07) is 9.51. The van der Waals surface area contributed by atoms with Crippen LogP contribution in [0.3, 0.4) is 0 Å². The zero-order valence-corrected chi connectivity index (χ0v) is 11.8. The van der Waals surface area contributed by atoms with Gasteiger partial charge < -0.3 is 5.32 Å². The second-order valence-corrected chi connectivity index (χ2v) is 5.56. The van der Waals surface area contributed by atoms with E-state index in [-0.39, 0.29) is 5.91 Å². The van der Waals surface area contributed by atoms with Crippen LogP contribution in [0.15, 0.2) is 30.3 Å². The highest BCUT2D eigenvalue weighted by Crippen LogP contribution is 2.38. The van der Waals surface area contributed by atoms with Crippen LogP contribution in [0.25, 0.3) is 0 Å². The Kier molecular flexibility index (Phi) is 3.74. The molecule has 0 bridgehead atoms. The fourth-order valence-corrected chi connectivity index (χ4v) is 2.37. The Bertz CT molecular complexity index is 619. The first kappa shape index (κ1) is 13.2. The number of nitrogens with one attached hydrogen (secondary N) is 2. The van der Waals surface area contributed by atoms with E-state index in [1.54, 1.807) is 0 Å². The fourth-order valence-electron chi connectivity index (χ4n) is 2.16. The van der Waals surface area contributed by atoms with Crippen molar-refractivity contribution < 1.29 is 4.79 Å². The molecule has 0 spiro atoms. The van der Waals surface area contributed by atoms with E-state index in [1.165, 1.54) is 12.8 Å². The minimum atomic E-state index is -0.129. The van der Waals surface area contributed by atoms with Crippen LogP contribution < -0.4 is 5.32 Å². The van der Waals surface area contributed by atoms with Gasteiger partial charge >= 0.3 is 0 Å². The summed E-state index contributed by atoms with van der Waals surface area (Å²) in [5.74, 6) is 0.450. The number of benzene rings is 1. The molecule has 1 saturated carbocycles. The normalized spacial score (nSPS) is 14.2. The minimum Gasteiger partial charge on any atom is -0.350 e. The average Bonchev–Trinajstić information content (AvgIpc) is 3.16. The van der Waals surface area contributed by atoms with Crippen molar-refractivity contribution in [3.8, 4) is 0 Å². The van der Waals surface area contributed by atoms with Crippen LogP contribution >= 0.6 is 11.6 Å². The minimum absolute atomic E-state index is 0.129. The Labute approximate surface area is 122 Å². The summed E-state index contributed by atoms with van der Waals surface area (Å²) in [7, 11) is 0. The van der Waals surface area contributed by atoms with Gasteiger partial charge in [0, 0.05) is 23.2 Å². The van der Waals surface area contributed by atoms with E-state index < -0.39 is 0 Å². The standard InChI is InChI=1S/C15H16ClN3O/c16-12-3-1-2-10(8-12)6-7-17-15(20)14-9-13(18-19-14)11-4-5-11/h1-3,8-9,11H,4-7H2,(H,17,20)(H,18,19). The lowest BCUT2D eigenvalue weighted by molar-refractivity contribution is 0.0949. The summed E-state index contributed by atoms with van der Waals surface area (Å²) >= 11 is 5.92. The number of halogens is 1. The maximum atomic E-state index is 11.9. The smallest absolute Gasteiger partial charge is 0.271 e. The van der Waals surface area contributed by atoms with Gasteiger partial charge in [0.25, 0.3) is 5.91 Å². The van der Waals surface area contributed by atoms with Gasteiger partial charge in [0.05, 0.1) is 0 Å². The molecular weight excluding hydrogens is 274 g/mol. The molecular formula is C15H16ClN3O. The molecule has 1 aliphatic carbocycles. The fraction of sp³-hybridized carbons (Fsp3) is 0.333. The second-order valence-electron chi connectivity index (χ2n) is 5.12. The van der Waals surface area contributed by atoms with Crippen LogP contribution in [-0.4, -0.2) is 22.6 Å². The van der Waals surface area contributed by atoms with Gasteiger partial charge in [-0.2, -0.15) is 5.10 Å². The maximum Gasteiger partial charge on any atom is 0.271 e. The molecule has 2 aromatic rings. The first-order valence-corrected chi connectivity index (χ1v) is 7.18. The number of hydrogen-bond acceptors (Lipinski definition) is 2. The van der Waals surface area contributed by atoms with Crippen LogP contribution in [0.4, 0.5) is 0 Å². The SMILES string of the molecule is O=C(NCCc1cccc(Cl)c1)c1cc(C2CC2)[nH]n1. The number of carbonyl (C=O) groups excluding carboxylic acids is 1. The van der Waals surface area contributed by atoms with E-state index in [1.807, 2.05) is 30.3 Å². The number of carbonyl (C=O) groups is 1. The molecule has 0 atom stereocenters. The van der Waals surface area contributed by atoms with Crippen LogP contribution in [0.5, 0.6) is 0 Å². The number of aromatic nitrogens is 2. The van der Waals surface area contributed by atoms with Crippen LogP contribution in [0.2, 0.25) is 5.02 Å². The summed E-state index contributed by atoms with van der Waals surface area (Å²) in [4.78, 5) is 11.9. The second kappa shape index (κ2) is 5.67. The molecule has 0 aliphatic heterocycles. The van der Waals surface area contributed by atoms with Gasteiger partial charge in [-0.05, 0) is 43.0 Å². The number of amides is 1. The summed E-state index contributed by atoms with van der Waals surface area (Å²) in [6.07, 6.45) is 3.14. The molecule has 1 aromatic heterocycles. The largest absolute Gasteiger partial charge is 0.350 e. The third kappa shape index (κ3) is 3.20. The monoisotopic (exact) mass is 289 g/mol. The Morgan fingerprint density at radius 3 is 3.00 bits per heavy atom. The van der Waals surface area contributed by atoms with Crippen LogP contribution in [0, 0.1) is 0 Å². The molecule has 1 amide bonds. The maximum absolute atomic E-state index is 11.9. The number of hydrogen-bond donors (Lipinski definition) is 2. The number of nitrogens with zero attached hydrogens (tertiary/aromatic N) is 1. The van der Waals surface area contributed by atoms with Crippen molar-refractivity contribution in [2.45, 2.75) is 25.2 Å². The Hall–Kier alpha value is -1.81. The first-order chi connectivity index (χ1) is 9.72. The summed E-state index contributed by atoms with van der Waals surface area (Å²) in [6.45, 7) is 0.574. The summed E-state index contributed by atoms with van der Waals surface area (Å²) in [5, 5.41) is 10.6. The summed E-state index contributed by atoms with van der Waals surface area (Å²) in [5.41, 5.74) is 2.65. The lowest BCUT2D eigenvalue weighted by Gasteiger charge is -2.03. The van der Waals surface area contributed by atoms with Gasteiger partial charge in [-0.3, -0.25) is 9.89 Å². The molecule has 4 nitrogen and oxygen atoms in total. The molecule has 0 saturated heterocycles. The van der Waals surface area contributed by atoms with Crippen molar-refractivity contribution in [3.05, 3.63) is 52.3 Å². The molecule has 104 valence electrons. The van der Waals surface area contributed by atoms with Crippen molar-refractivity contribution in [2.24, 2.45) is 0 Å². The van der Waals surface area contributed by atoms with Crippen molar-refractivity contribution >= 4 is 17.5 Å². The molecule has 20 heavy (non-hydrogen) atoms. The van der Waals surface area contributed by atoms with E-state index in [4.69, 9.17) is 11.6 Å². The Morgan fingerprint density at radius 2 is 2.25 bits per heavy atom. The van der Waals surface area contributed by atoms with E-state index >= 15 is 0 Å². The van der Waals surface area contributed by atoms with Crippen molar-refractivity contribution in [2.75, 3.05) is 6.54 Å². The lowest BCUT2D eigenvalue weighted by Crippen LogP contribution is -2.26. The average molecular weight is 290 g/mol. The number of aromatic amines is 1. The van der Waals surface area contributed by atoms with Crippen LogP contribution in [0.1, 0.15) is 40.5 Å². The van der Waals surface area contributed by atoms with Crippen molar-refractivity contribution in [3.63, 3.8) is 0 Å². The number of rotatable bonds is 5. The quantitative estimate of drug-likeness (QED) is 0.889. The van der Waals surface area contributed by atoms with Gasteiger partial charge in [0.1, 0.15) is 5.69 Å². The molecule has 1 aromatic carbocycles. The van der Waals surface area contributed by atoms with Gasteiger partial charge in [-0.25, -0.2) is 0 Å². The van der Waals surface area contributed by atoms with Gasteiger partial charge in [-0.1, -0.05) is 23.7 Å². The molecule has 0 radical (unpaired) electrons. The van der Waals surface area contributed by atoms with E-state index in [0.717, 1.165) is 22.7 Å². The molecule has 1 heterocycles. The predicted molar refractivity (Wildman–Crippen MR) is 78.1 cm³/mol. The van der Waals surface area contributed by atoms with E-state index in [9.17, 15) is 4.79 Å². The topological polar surface area (TPSA) is 57.8 Å². The van der Waals surface area contributed by atoms with E-state index in [2.05, 4.69) is 15.5 Å². The van der Waals surface area contributed by atoms with E-state index in [0.29, 0.717) is 18.2 Å². The molecule has 3 rings (SSSR count). The zero-order chi connectivity index (χ0) is 13.9. The highest BCUT2D eigenvalue weighted by Gasteiger charge is 2.26. The molecule has 0 unspecified atom stereocenters. The predicted octanol–water partition coefficient (Wildman–Crippen LogP) is 2.91. The Balaban J connectivity index is 1.51.